The second-order valence-corrected chi connectivity index (χ2v) is 7.71. The van der Waals surface area contributed by atoms with Crippen LogP contribution in [0.15, 0.2) is 0 Å². The summed E-state index contributed by atoms with van der Waals surface area (Å²) in [5, 5.41) is 0. The third-order valence-electron chi connectivity index (χ3n) is 5.30. The van der Waals surface area contributed by atoms with Crippen LogP contribution in [0.25, 0.3) is 0 Å². The molecular formula is C17H36N2. The lowest BCUT2D eigenvalue weighted by Crippen LogP contribution is -2.50. The van der Waals surface area contributed by atoms with E-state index in [-0.39, 0.29) is 0 Å². The maximum Gasteiger partial charge on any atom is 0.0165 e. The van der Waals surface area contributed by atoms with Gasteiger partial charge in [-0.2, -0.15) is 0 Å². The Hall–Kier alpha value is -0.0800. The molecule has 1 fully saturated rings. The molecule has 0 unspecified atom stereocenters. The van der Waals surface area contributed by atoms with Crippen molar-refractivity contribution in [2.45, 2.75) is 72.4 Å². The van der Waals surface area contributed by atoms with Crippen LogP contribution >= 0.6 is 0 Å². The summed E-state index contributed by atoms with van der Waals surface area (Å²) in [4.78, 5) is 5.18. The monoisotopic (exact) mass is 268 g/mol. The van der Waals surface area contributed by atoms with Gasteiger partial charge in [-0.1, -0.05) is 13.8 Å². The quantitative estimate of drug-likeness (QED) is 0.721. The van der Waals surface area contributed by atoms with Gasteiger partial charge in [0, 0.05) is 11.6 Å². The summed E-state index contributed by atoms with van der Waals surface area (Å²) in [6, 6.07) is 0.655. The van der Waals surface area contributed by atoms with Gasteiger partial charge in [-0.15, -0.1) is 0 Å². The molecule has 1 aliphatic heterocycles. The molecular weight excluding hydrogens is 232 g/mol. The van der Waals surface area contributed by atoms with Crippen molar-refractivity contribution in [1.82, 2.24) is 9.80 Å². The van der Waals surface area contributed by atoms with Crippen LogP contribution in [0.5, 0.6) is 0 Å². The van der Waals surface area contributed by atoms with Gasteiger partial charge in [0.25, 0.3) is 0 Å². The third kappa shape index (κ3) is 5.07. The van der Waals surface area contributed by atoms with Gasteiger partial charge < -0.3 is 4.90 Å². The molecule has 0 spiro atoms. The minimum Gasteiger partial charge on any atom is -0.304 e. The molecule has 0 amide bonds. The van der Waals surface area contributed by atoms with E-state index in [1.165, 1.54) is 38.9 Å². The van der Waals surface area contributed by atoms with E-state index in [1.807, 2.05) is 0 Å². The summed E-state index contributed by atoms with van der Waals surface area (Å²) >= 11 is 0. The standard InChI is InChI=1S/C17H36N2/c1-14(2)16-8-11-19(12-9-16)17(5,6)10-13-18(7)15(3)4/h14-16H,8-13H2,1-7H3. The van der Waals surface area contributed by atoms with Crippen molar-refractivity contribution in [2.24, 2.45) is 11.8 Å². The molecule has 0 atom stereocenters. The van der Waals surface area contributed by atoms with Crippen molar-refractivity contribution < 1.29 is 0 Å². The molecule has 2 nitrogen and oxygen atoms in total. The smallest absolute Gasteiger partial charge is 0.0165 e. The first-order valence-electron chi connectivity index (χ1n) is 8.19. The lowest BCUT2D eigenvalue weighted by molar-refractivity contribution is 0.0504. The Morgan fingerprint density at radius 3 is 2.05 bits per heavy atom. The second kappa shape index (κ2) is 7.08. The van der Waals surface area contributed by atoms with Crippen LogP contribution in [0.3, 0.4) is 0 Å². The highest BCUT2D eigenvalue weighted by atomic mass is 15.2. The largest absolute Gasteiger partial charge is 0.304 e. The SMILES string of the molecule is CC(C)C1CCN(C(C)(C)CCN(C)C(C)C)CC1. The first kappa shape index (κ1) is 17.0. The average molecular weight is 268 g/mol. The number of hydrogen-bond donors (Lipinski definition) is 0. The summed E-state index contributed by atoms with van der Waals surface area (Å²) in [7, 11) is 2.24. The van der Waals surface area contributed by atoms with Crippen molar-refractivity contribution in [3.05, 3.63) is 0 Å². The summed E-state index contributed by atoms with van der Waals surface area (Å²) in [6.45, 7) is 18.0. The first-order chi connectivity index (χ1) is 8.74. The third-order valence-corrected chi connectivity index (χ3v) is 5.30. The Bertz CT molecular complexity index is 250. The fourth-order valence-electron chi connectivity index (χ4n) is 3.04. The number of hydrogen-bond acceptors (Lipinski definition) is 2. The molecule has 0 N–H and O–H groups in total. The second-order valence-electron chi connectivity index (χ2n) is 7.71. The van der Waals surface area contributed by atoms with Gasteiger partial charge in [0.05, 0.1) is 0 Å². The topological polar surface area (TPSA) is 6.48 Å². The van der Waals surface area contributed by atoms with Crippen molar-refractivity contribution in [2.75, 3.05) is 26.7 Å². The fraction of sp³-hybridized carbons (Fsp3) is 1.00. The molecule has 1 saturated heterocycles. The van der Waals surface area contributed by atoms with Gasteiger partial charge in [-0.3, -0.25) is 4.90 Å². The van der Waals surface area contributed by atoms with E-state index in [9.17, 15) is 0 Å². The minimum absolute atomic E-state index is 0.352. The fourth-order valence-corrected chi connectivity index (χ4v) is 3.04. The van der Waals surface area contributed by atoms with Crippen LogP contribution in [0, 0.1) is 11.8 Å². The van der Waals surface area contributed by atoms with E-state index in [0.717, 1.165) is 11.8 Å². The number of rotatable bonds is 6. The van der Waals surface area contributed by atoms with Crippen molar-refractivity contribution in [3.8, 4) is 0 Å². The Morgan fingerprint density at radius 1 is 1.11 bits per heavy atom. The van der Waals surface area contributed by atoms with Crippen LogP contribution < -0.4 is 0 Å². The number of piperidine rings is 1. The Morgan fingerprint density at radius 2 is 1.63 bits per heavy atom. The van der Waals surface area contributed by atoms with Gasteiger partial charge >= 0.3 is 0 Å². The zero-order chi connectivity index (χ0) is 14.6. The molecule has 0 aromatic heterocycles. The maximum atomic E-state index is 2.72. The normalized spacial score (nSPS) is 19.9. The summed E-state index contributed by atoms with van der Waals surface area (Å²) in [5.41, 5.74) is 0.352. The predicted molar refractivity (Wildman–Crippen MR) is 85.6 cm³/mol. The molecule has 0 aliphatic carbocycles. The summed E-state index contributed by atoms with van der Waals surface area (Å²) in [6.07, 6.45) is 4.05. The minimum atomic E-state index is 0.352. The van der Waals surface area contributed by atoms with E-state index in [2.05, 4.69) is 58.4 Å². The Kier molecular flexibility index (Phi) is 6.32. The molecule has 114 valence electrons. The van der Waals surface area contributed by atoms with E-state index in [1.54, 1.807) is 0 Å². The van der Waals surface area contributed by atoms with Gasteiger partial charge in [0.15, 0.2) is 0 Å². The Labute approximate surface area is 121 Å². The zero-order valence-electron chi connectivity index (χ0n) is 14.4. The van der Waals surface area contributed by atoms with Crippen LogP contribution in [0.1, 0.15) is 60.8 Å². The van der Waals surface area contributed by atoms with Crippen molar-refractivity contribution in [3.63, 3.8) is 0 Å². The van der Waals surface area contributed by atoms with E-state index in [4.69, 9.17) is 0 Å². The van der Waals surface area contributed by atoms with Crippen LogP contribution in [-0.2, 0) is 0 Å². The molecule has 0 aromatic carbocycles. The van der Waals surface area contributed by atoms with Crippen molar-refractivity contribution in [1.29, 1.82) is 0 Å². The molecule has 0 bridgehead atoms. The molecule has 1 aliphatic rings. The average Bonchev–Trinajstić information content (AvgIpc) is 2.36. The highest BCUT2D eigenvalue weighted by Gasteiger charge is 2.31. The van der Waals surface area contributed by atoms with Crippen LogP contribution in [0.4, 0.5) is 0 Å². The Balaban J connectivity index is 2.41. The van der Waals surface area contributed by atoms with Gasteiger partial charge in [0.2, 0.25) is 0 Å². The lowest BCUT2D eigenvalue weighted by atomic mass is 9.84. The van der Waals surface area contributed by atoms with Crippen LogP contribution in [-0.4, -0.2) is 48.1 Å². The number of likely N-dealkylation sites (tertiary alicyclic amines) is 1. The van der Waals surface area contributed by atoms with Gasteiger partial charge in [0.1, 0.15) is 0 Å². The molecule has 0 radical (unpaired) electrons. The van der Waals surface area contributed by atoms with E-state index >= 15 is 0 Å². The molecule has 0 saturated carbocycles. The van der Waals surface area contributed by atoms with Crippen molar-refractivity contribution >= 4 is 0 Å². The molecule has 19 heavy (non-hydrogen) atoms. The molecule has 1 heterocycles. The summed E-state index contributed by atoms with van der Waals surface area (Å²) < 4.78 is 0. The predicted octanol–water partition coefficient (Wildman–Crippen LogP) is 3.86. The van der Waals surface area contributed by atoms with Crippen LogP contribution in [0.2, 0.25) is 0 Å². The van der Waals surface area contributed by atoms with E-state index in [0.29, 0.717) is 11.6 Å². The number of nitrogens with zero attached hydrogens (tertiary/aromatic N) is 2. The zero-order valence-corrected chi connectivity index (χ0v) is 14.4. The lowest BCUT2D eigenvalue weighted by Gasteiger charge is -2.44. The highest BCUT2D eigenvalue weighted by Crippen LogP contribution is 2.30. The molecule has 0 aromatic rings. The first-order valence-corrected chi connectivity index (χ1v) is 8.19. The molecule has 1 rings (SSSR count). The summed E-state index contributed by atoms with van der Waals surface area (Å²) in [5.74, 6) is 1.81. The molecule has 2 heteroatoms. The van der Waals surface area contributed by atoms with E-state index < -0.39 is 0 Å². The maximum absolute atomic E-state index is 2.72. The van der Waals surface area contributed by atoms with Gasteiger partial charge in [-0.05, 0) is 85.5 Å². The highest BCUT2D eigenvalue weighted by molar-refractivity contribution is 4.86. The van der Waals surface area contributed by atoms with Gasteiger partial charge in [-0.25, -0.2) is 0 Å².